The van der Waals surface area contributed by atoms with Crippen LogP contribution in [0.3, 0.4) is 0 Å². The molecule has 2 fully saturated rings. The third-order valence-electron chi connectivity index (χ3n) is 19.7. The van der Waals surface area contributed by atoms with Crippen molar-refractivity contribution in [1.82, 2.24) is 0 Å². The number of hydrogen-bond acceptors (Lipinski definition) is 2. The van der Waals surface area contributed by atoms with Gasteiger partial charge < -0.3 is 9.80 Å². The van der Waals surface area contributed by atoms with Crippen LogP contribution >= 0.6 is 0 Å². The smallest absolute Gasteiger partial charge is 0.0540 e. The zero-order valence-corrected chi connectivity index (χ0v) is 48.5. The quantitative estimate of drug-likeness (QED) is 0.0493. The Morgan fingerprint density at radius 1 is 0.350 bits per heavy atom. The molecular weight excluding hydrogens is 965 g/mol. The molecule has 4 aliphatic carbocycles. The maximum atomic E-state index is 2.60. The normalized spacial score (nSPS) is 17.6. The van der Waals surface area contributed by atoms with E-state index in [2.05, 4.69) is 207 Å². The van der Waals surface area contributed by atoms with Crippen molar-refractivity contribution < 1.29 is 0 Å². The minimum absolute atomic E-state index is 0.708. The van der Waals surface area contributed by atoms with Crippen molar-refractivity contribution in [3.8, 4) is 22.3 Å². The zero-order chi connectivity index (χ0) is 54.1. The first kappa shape index (κ1) is 52.5. The molecule has 13 rings (SSSR count). The fourth-order valence-electron chi connectivity index (χ4n) is 16.0. The zero-order valence-electron chi connectivity index (χ0n) is 48.5. The van der Waals surface area contributed by atoms with Crippen molar-refractivity contribution in [2.24, 2.45) is 0 Å². The van der Waals surface area contributed by atoms with Gasteiger partial charge in [0, 0.05) is 33.9 Å². The molecule has 2 heteroatoms. The summed E-state index contributed by atoms with van der Waals surface area (Å²) in [6.45, 7) is 9.43. The largest absolute Gasteiger partial charge is 0.310 e. The molecule has 0 aromatic heterocycles. The van der Waals surface area contributed by atoms with Crippen LogP contribution in [0.1, 0.15) is 198 Å². The van der Waals surface area contributed by atoms with E-state index >= 15 is 0 Å². The summed E-state index contributed by atoms with van der Waals surface area (Å²) in [5.74, 6) is 2.91. The average molecular weight is 1050 g/mol. The van der Waals surface area contributed by atoms with Crippen molar-refractivity contribution in [3.05, 3.63) is 214 Å². The molecule has 0 N–H and O–H groups in total. The first-order valence-corrected chi connectivity index (χ1v) is 31.6. The molecule has 0 amide bonds. The van der Waals surface area contributed by atoms with Crippen LogP contribution in [0.2, 0.25) is 0 Å². The van der Waals surface area contributed by atoms with Crippen LogP contribution in [0.15, 0.2) is 170 Å². The molecule has 2 nitrogen and oxygen atoms in total. The van der Waals surface area contributed by atoms with Gasteiger partial charge in [0.25, 0.3) is 0 Å². The van der Waals surface area contributed by atoms with E-state index in [-0.39, 0.29) is 0 Å². The maximum absolute atomic E-state index is 2.60. The summed E-state index contributed by atoms with van der Waals surface area (Å²) in [6, 6.07) is 66.1. The monoisotopic (exact) mass is 1050 g/mol. The number of anilines is 6. The lowest BCUT2D eigenvalue weighted by atomic mass is 9.85. The highest BCUT2D eigenvalue weighted by Crippen LogP contribution is 2.57. The molecule has 406 valence electrons. The Morgan fingerprint density at radius 3 is 1.18 bits per heavy atom. The molecule has 0 saturated heterocycles. The Balaban J connectivity index is 0.986. The lowest BCUT2D eigenvalue weighted by Gasteiger charge is -2.30. The first-order chi connectivity index (χ1) is 39.4. The van der Waals surface area contributed by atoms with Crippen molar-refractivity contribution >= 4 is 55.7 Å². The van der Waals surface area contributed by atoms with Gasteiger partial charge in [-0.05, 0) is 240 Å². The summed E-state index contributed by atoms with van der Waals surface area (Å²) in [6.07, 6.45) is 25.6. The predicted octanol–water partition coefficient (Wildman–Crippen LogP) is 23.4. The van der Waals surface area contributed by atoms with Crippen molar-refractivity contribution in [2.45, 2.75) is 180 Å². The van der Waals surface area contributed by atoms with E-state index in [0.29, 0.717) is 11.8 Å². The second kappa shape index (κ2) is 23.3. The Morgan fingerprint density at radius 2 is 0.738 bits per heavy atom. The van der Waals surface area contributed by atoms with Gasteiger partial charge in [0.05, 0.1) is 11.4 Å². The molecular formula is C78H84N2. The van der Waals surface area contributed by atoms with Crippen LogP contribution in [0, 0.1) is 13.8 Å². The molecule has 2 saturated carbocycles. The molecule has 0 spiro atoms. The van der Waals surface area contributed by atoms with E-state index in [4.69, 9.17) is 0 Å². The molecule has 4 atom stereocenters. The third-order valence-corrected chi connectivity index (χ3v) is 19.7. The molecule has 4 aliphatic rings. The Bertz CT molecular complexity index is 3420. The number of fused-ring (bicyclic) bond motifs is 13. The number of benzene rings is 9. The van der Waals surface area contributed by atoms with E-state index in [1.165, 1.54) is 205 Å². The fourth-order valence-corrected chi connectivity index (χ4v) is 16.0. The maximum Gasteiger partial charge on any atom is 0.0540 e. The summed E-state index contributed by atoms with van der Waals surface area (Å²) in [7, 11) is 0. The second-order valence-electron chi connectivity index (χ2n) is 24.8. The van der Waals surface area contributed by atoms with Crippen LogP contribution < -0.4 is 9.80 Å². The predicted molar refractivity (Wildman–Crippen MR) is 344 cm³/mol. The average Bonchev–Trinajstić information content (AvgIpc) is 4.34. The van der Waals surface area contributed by atoms with E-state index in [1.807, 2.05) is 0 Å². The lowest BCUT2D eigenvalue weighted by Crippen LogP contribution is -2.12. The Kier molecular flexibility index (Phi) is 15.3. The van der Waals surface area contributed by atoms with Gasteiger partial charge in [-0.15, -0.1) is 0 Å². The van der Waals surface area contributed by atoms with Gasteiger partial charge in [-0.25, -0.2) is 0 Å². The summed E-state index contributed by atoms with van der Waals surface area (Å²) < 4.78 is 0. The number of aryl methyl sites for hydroxylation is 4. The summed E-state index contributed by atoms with van der Waals surface area (Å²) in [5.41, 5.74) is 25.2. The van der Waals surface area contributed by atoms with Crippen LogP contribution in [0.5, 0.6) is 0 Å². The van der Waals surface area contributed by atoms with Gasteiger partial charge in [-0.1, -0.05) is 187 Å². The van der Waals surface area contributed by atoms with E-state index in [9.17, 15) is 0 Å². The molecule has 9 aromatic carbocycles. The van der Waals surface area contributed by atoms with Gasteiger partial charge in [-0.3, -0.25) is 0 Å². The van der Waals surface area contributed by atoms with Crippen LogP contribution in [0.4, 0.5) is 34.1 Å². The molecule has 4 unspecified atom stereocenters. The van der Waals surface area contributed by atoms with E-state index < -0.39 is 0 Å². The lowest BCUT2D eigenvalue weighted by molar-refractivity contribution is 0.600. The third kappa shape index (κ3) is 9.98. The Labute approximate surface area is 479 Å². The minimum atomic E-state index is 0.708. The number of nitrogens with zero attached hydrogens (tertiary/aromatic N) is 2. The molecule has 4 bridgehead atoms. The van der Waals surface area contributed by atoms with Gasteiger partial charge in [0.2, 0.25) is 0 Å². The van der Waals surface area contributed by atoms with Crippen LogP contribution in [0.25, 0.3) is 43.8 Å². The molecule has 0 heterocycles. The summed E-state index contributed by atoms with van der Waals surface area (Å²) in [5, 5.41) is 5.57. The highest BCUT2D eigenvalue weighted by molar-refractivity contribution is 6.13. The van der Waals surface area contributed by atoms with Crippen LogP contribution in [-0.4, -0.2) is 0 Å². The second-order valence-corrected chi connectivity index (χ2v) is 24.8. The SMILES string of the molecule is CCCCCCCCc1c(CCCCCCCC)c2cc(N(c3ccccc3)c3ccccc3-c3cc(C)c4c(c3)C3CCC4C3)ccc2c2ccc(N(c3ccccc3)c3ccccc3-c3cc(C)c4c(c3)C3CCC4C3)cc12. The summed E-state index contributed by atoms with van der Waals surface area (Å²) in [4.78, 5) is 5.14. The highest BCUT2D eigenvalue weighted by Gasteiger charge is 2.39. The standard InChI is InChI=1S/C78H84N2/c1-5-7-9-11-13-21-33-67-68(34-22-14-12-10-8-6-2)74-52-64(80(62-29-19-16-20-30-62)76-36-26-24-32-66(76)60-46-54(4)78-58-40-38-56(48-58)72(78)50-60)42-44-70(74)69-43-41-63(51-73(67)69)79(61-27-17-15-18-28-61)75-35-25-23-31-65(75)59-45-53(3)77-57-39-37-55(47-57)71(77)49-59/h15-20,23-32,35-36,41-46,49-52,55-58H,5-14,21-22,33-34,37-40,47-48H2,1-4H3. The molecule has 80 heavy (non-hydrogen) atoms. The highest BCUT2D eigenvalue weighted by atomic mass is 15.1. The molecule has 0 radical (unpaired) electrons. The van der Waals surface area contributed by atoms with E-state index in [1.54, 1.807) is 33.4 Å². The van der Waals surface area contributed by atoms with Gasteiger partial charge in [0.15, 0.2) is 0 Å². The Hall–Kier alpha value is -6.90. The van der Waals surface area contributed by atoms with Gasteiger partial charge >= 0.3 is 0 Å². The number of rotatable bonds is 22. The minimum Gasteiger partial charge on any atom is -0.310 e. The van der Waals surface area contributed by atoms with Crippen molar-refractivity contribution in [1.29, 1.82) is 0 Å². The summed E-state index contributed by atoms with van der Waals surface area (Å²) >= 11 is 0. The number of para-hydroxylation sites is 4. The van der Waals surface area contributed by atoms with Crippen molar-refractivity contribution in [3.63, 3.8) is 0 Å². The molecule has 9 aromatic rings. The van der Waals surface area contributed by atoms with Gasteiger partial charge in [-0.2, -0.15) is 0 Å². The molecule has 0 aliphatic heterocycles. The van der Waals surface area contributed by atoms with Crippen LogP contribution in [-0.2, 0) is 12.8 Å². The number of unbranched alkanes of at least 4 members (excludes halogenated alkanes) is 10. The van der Waals surface area contributed by atoms with E-state index in [0.717, 1.165) is 24.7 Å². The topological polar surface area (TPSA) is 6.48 Å². The fraction of sp³-hybridized carbons (Fsp3) is 0.359. The van der Waals surface area contributed by atoms with Crippen molar-refractivity contribution in [2.75, 3.05) is 9.80 Å². The first-order valence-electron chi connectivity index (χ1n) is 31.6. The number of hydrogen-bond donors (Lipinski definition) is 0. The van der Waals surface area contributed by atoms with Gasteiger partial charge in [0.1, 0.15) is 0 Å².